The van der Waals surface area contributed by atoms with Crippen LogP contribution in [0.2, 0.25) is 0 Å². The molecule has 0 aromatic heterocycles. The van der Waals surface area contributed by atoms with Gasteiger partial charge in [0.15, 0.2) is 0 Å². The first-order valence-electron chi connectivity index (χ1n) is 6.67. The van der Waals surface area contributed by atoms with Crippen molar-refractivity contribution in [2.75, 3.05) is 0 Å². The Morgan fingerprint density at radius 1 is 1.05 bits per heavy atom. The van der Waals surface area contributed by atoms with E-state index < -0.39 is 11.9 Å². The number of carboxylic acid groups (broad SMARTS) is 2. The normalized spacial score (nSPS) is 10.4. The molecule has 0 aliphatic heterocycles. The van der Waals surface area contributed by atoms with Gasteiger partial charge in [-0.3, -0.25) is 0 Å². The molecule has 19 heavy (non-hydrogen) atoms. The minimum absolute atomic E-state index is 0.176. The summed E-state index contributed by atoms with van der Waals surface area (Å²) in [7, 11) is 0. The van der Waals surface area contributed by atoms with Crippen LogP contribution in [0.3, 0.4) is 0 Å². The molecule has 0 saturated heterocycles. The van der Waals surface area contributed by atoms with Gasteiger partial charge in [0, 0.05) is 11.1 Å². The number of carboxylic acids is 2. The zero-order valence-corrected chi connectivity index (χ0v) is 12.2. The summed E-state index contributed by atoms with van der Waals surface area (Å²) in [5, 5.41) is 16.7. The lowest BCUT2D eigenvalue weighted by Crippen LogP contribution is -2.00. The molecule has 0 bridgehead atoms. The van der Waals surface area contributed by atoms with Gasteiger partial charge in [0.05, 0.1) is 0 Å². The number of aliphatic carboxylic acids is 2. The van der Waals surface area contributed by atoms with E-state index in [1.54, 1.807) is 0 Å². The molecule has 0 unspecified atom stereocenters. The van der Waals surface area contributed by atoms with Gasteiger partial charge in [-0.1, -0.05) is 45.8 Å². The predicted molar refractivity (Wildman–Crippen MR) is 77.2 cm³/mol. The van der Waals surface area contributed by atoms with Gasteiger partial charge in [-0.15, -0.1) is 0 Å². The minimum Gasteiger partial charge on any atom is -0.478 e. The molecule has 0 radical (unpaired) electrons. The zero-order chi connectivity index (χ0) is 15.3. The quantitative estimate of drug-likeness (QED) is 0.516. The lowest BCUT2D eigenvalue weighted by atomic mass is 10.1. The van der Waals surface area contributed by atoms with Crippen LogP contribution >= 0.6 is 0 Å². The van der Waals surface area contributed by atoms with Crippen molar-refractivity contribution in [1.29, 1.82) is 0 Å². The molecule has 110 valence electrons. The Labute approximate surface area is 115 Å². The summed E-state index contributed by atoms with van der Waals surface area (Å²) in [6, 6.07) is 0. The molecule has 0 aromatic carbocycles. The van der Waals surface area contributed by atoms with E-state index in [1.165, 1.54) is 19.8 Å². The molecule has 0 saturated carbocycles. The van der Waals surface area contributed by atoms with Crippen LogP contribution in [-0.4, -0.2) is 22.2 Å². The average molecular weight is 270 g/mol. The third kappa shape index (κ3) is 14.4. The van der Waals surface area contributed by atoms with E-state index in [0.717, 1.165) is 25.7 Å². The summed E-state index contributed by atoms with van der Waals surface area (Å²) < 4.78 is 0. The molecule has 0 rings (SSSR count). The third-order valence-corrected chi connectivity index (χ3v) is 2.39. The van der Waals surface area contributed by atoms with Gasteiger partial charge in [-0.2, -0.15) is 0 Å². The molecular weight excluding hydrogens is 244 g/mol. The summed E-state index contributed by atoms with van der Waals surface area (Å²) in [5.41, 5.74) is 0.758. The second kappa shape index (κ2) is 12.9. The Bertz CT molecular complexity index is 304. The van der Waals surface area contributed by atoms with Crippen molar-refractivity contribution in [2.24, 2.45) is 0 Å². The van der Waals surface area contributed by atoms with Gasteiger partial charge >= 0.3 is 11.9 Å². The molecule has 0 atom stereocenters. The summed E-state index contributed by atoms with van der Waals surface area (Å²) >= 11 is 0. The average Bonchev–Trinajstić information content (AvgIpc) is 2.33. The van der Waals surface area contributed by atoms with Crippen LogP contribution in [0.4, 0.5) is 0 Å². The molecule has 0 spiro atoms. The van der Waals surface area contributed by atoms with Gasteiger partial charge in [0.2, 0.25) is 0 Å². The van der Waals surface area contributed by atoms with E-state index in [1.807, 2.05) is 13.0 Å². The van der Waals surface area contributed by atoms with E-state index in [2.05, 4.69) is 13.5 Å². The number of unbranched alkanes of at least 4 members (excludes halogenated alkanes) is 3. The molecular formula is C15H26O4. The highest BCUT2D eigenvalue weighted by atomic mass is 16.4. The van der Waals surface area contributed by atoms with E-state index in [-0.39, 0.29) is 5.57 Å². The Morgan fingerprint density at radius 3 is 1.89 bits per heavy atom. The molecule has 2 N–H and O–H groups in total. The van der Waals surface area contributed by atoms with Crippen molar-refractivity contribution in [3.8, 4) is 0 Å². The van der Waals surface area contributed by atoms with Crippen LogP contribution < -0.4 is 0 Å². The molecule has 0 amide bonds. The molecule has 0 fully saturated rings. The Morgan fingerprint density at radius 2 is 1.58 bits per heavy atom. The fourth-order valence-electron chi connectivity index (χ4n) is 1.28. The maximum Gasteiger partial charge on any atom is 0.331 e. The second-order valence-electron chi connectivity index (χ2n) is 4.34. The Balaban J connectivity index is 0. The van der Waals surface area contributed by atoms with Gasteiger partial charge in [-0.25, -0.2) is 9.59 Å². The Kier molecular flexibility index (Phi) is 13.4. The summed E-state index contributed by atoms with van der Waals surface area (Å²) in [4.78, 5) is 20.3. The van der Waals surface area contributed by atoms with E-state index >= 15 is 0 Å². The fourth-order valence-corrected chi connectivity index (χ4v) is 1.28. The highest BCUT2D eigenvalue weighted by molar-refractivity contribution is 5.86. The first-order valence-corrected chi connectivity index (χ1v) is 6.67. The number of allylic oxidation sites excluding steroid dienone is 1. The maximum absolute atomic E-state index is 10.7. The summed E-state index contributed by atoms with van der Waals surface area (Å²) in [6.07, 6.45) is 7.91. The van der Waals surface area contributed by atoms with Crippen LogP contribution in [0, 0.1) is 0 Å². The maximum atomic E-state index is 10.7. The first-order chi connectivity index (χ1) is 8.86. The van der Waals surface area contributed by atoms with Crippen molar-refractivity contribution in [2.45, 2.75) is 59.3 Å². The molecule has 0 heterocycles. The highest BCUT2D eigenvalue weighted by Gasteiger charge is 2.04. The van der Waals surface area contributed by atoms with Crippen LogP contribution in [-0.2, 0) is 9.59 Å². The number of hydrogen-bond acceptors (Lipinski definition) is 2. The fraction of sp³-hybridized carbons (Fsp3) is 0.600. The van der Waals surface area contributed by atoms with E-state index in [4.69, 9.17) is 10.2 Å². The zero-order valence-electron chi connectivity index (χ0n) is 12.2. The standard InChI is InChI=1S/C11H20O2.C4H6O2/c1-3-5-6-7-9-10(8-4-2)11(12)13;1-3(2)4(5)6/h8H,3-7,9H2,1-2H3,(H,12,13);1H2,2H3,(H,5,6). The smallest absolute Gasteiger partial charge is 0.331 e. The molecule has 0 aliphatic carbocycles. The SMILES string of the molecule is C=C(C)C(=O)O.CCC=C(CCCCCC)C(=O)O. The predicted octanol–water partition coefficient (Wildman–Crippen LogP) is 4.02. The summed E-state index contributed by atoms with van der Waals surface area (Å²) in [5.74, 6) is -1.69. The number of rotatable bonds is 8. The van der Waals surface area contributed by atoms with Gasteiger partial charge in [0.25, 0.3) is 0 Å². The number of hydrogen-bond donors (Lipinski definition) is 2. The monoisotopic (exact) mass is 270 g/mol. The third-order valence-electron chi connectivity index (χ3n) is 2.39. The second-order valence-corrected chi connectivity index (χ2v) is 4.34. The van der Waals surface area contributed by atoms with Crippen molar-refractivity contribution in [3.05, 3.63) is 23.8 Å². The van der Waals surface area contributed by atoms with Crippen molar-refractivity contribution < 1.29 is 19.8 Å². The van der Waals surface area contributed by atoms with E-state index in [9.17, 15) is 9.59 Å². The first kappa shape index (κ1) is 19.8. The van der Waals surface area contributed by atoms with Crippen molar-refractivity contribution >= 4 is 11.9 Å². The molecule has 4 nitrogen and oxygen atoms in total. The van der Waals surface area contributed by atoms with Gasteiger partial charge < -0.3 is 10.2 Å². The molecule has 0 aliphatic rings. The Hall–Kier alpha value is -1.58. The largest absolute Gasteiger partial charge is 0.478 e. The molecule has 4 heteroatoms. The van der Waals surface area contributed by atoms with Crippen LogP contribution in [0.25, 0.3) is 0 Å². The van der Waals surface area contributed by atoms with Crippen LogP contribution in [0.5, 0.6) is 0 Å². The highest BCUT2D eigenvalue weighted by Crippen LogP contribution is 2.10. The topological polar surface area (TPSA) is 74.6 Å². The molecule has 0 aromatic rings. The van der Waals surface area contributed by atoms with Gasteiger partial charge in [0.1, 0.15) is 0 Å². The van der Waals surface area contributed by atoms with Crippen molar-refractivity contribution in [1.82, 2.24) is 0 Å². The summed E-state index contributed by atoms with van der Waals surface area (Å²) in [6.45, 7) is 8.72. The van der Waals surface area contributed by atoms with Crippen molar-refractivity contribution in [3.63, 3.8) is 0 Å². The van der Waals surface area contributed by atoms with Crippen LogP contribution in [0.1, 0.15) is 59.3 Å². The lowest BCUT2D eigenvalue weighted by Gasteiger charge is -2.01. The van der Waals surface area contributed by atoms with Crippen LogP contribution in [0.15, 0.2) is 23.8 Å². The lowest BCUT2D eigenvalue weighted by molar-refractivity contribution is -0.133. The van der Waals surface area contributed by atoms with Gasteiger partial charge in [-0.05, 0) is 26.2 Å². The van der Waals surface area contributed by atoms with E-state index in [0.29, 0.717) is 5.57 Å². The number of carbonyl (C=O) groups is 2. The minimum atomic E-state index is -0.935.